The highest BCUT2D eigenvalue weighted by molar-refractivity contribution is 6.03. The Kier molecular flexibility index (Phi) is 5.06. The first-order chi connectivity index (χ1) is 13.6. The second kappa shape index (κ2) is 7.80. The number of amides is 1. The van der Waals surface area contributed by atoms with Crippen LogP contribution in [-0.2, 0) is 6.42 Å². The lowest BCUT2D eigenvalue weighted by Crippen LogP contribution is -2.25. The first-order valence-corrected chi connectivity index (χ1v) is 9.71. The largest absolute Gasteiger partial charge is 0.325 e. The molecule has 0 fully saturated rings. The number of hydrogen-bond donors (Lipinski definition) is 1. The van der Waals surface area contributed by atoms with Crippen LogP contribution in [0, 0.1) is 0 Å². The van der Waals surface area contributed by atoms with Crippen LogP contribution in [0.4, 0.5) is 17.2 Å². The molecule has 2 heterocycles. The van der Waals surface area contributed by atoms with Crippen LogP contribution in [0.5, 0.6) is 0 Å². The number of aromatic nitrogens is 2. The van der Waals surface area contributed by atoms with Crippen molar-refractivity contribution in [2.75, 3.05) is 16.8 Å². The van der Waals surface area contributed by atoms with E-state index in [2.05, 4.69) is 52.2 Å². The number of nitrogens with one attached hydrogen (secondary N) is 1. The highest BCUT2D eigenvalue weighted by Gasteiger charge is 2.20. The lowest BCUT2D eigenvalue weighted by molar-refractivity contribution is 0.102. The monoisotopic (exact) mass is 372 g/mol. The minimum Gasteiger partial charge on any atom is -0.325 e. The molecule has 0 radical (unpaired) electrons. The quantitative estimate of drug-likeness (QED) is 0.705. The van der Waals surface area contributed by atoms with E-state index < -0.39 is 0 Å². The summed E-state index contributed by atoms with van der Waals surface area (Å²) in [5.74, 6) is 0.849. The Morgan fingerprint density at radius 3 is 2.61 bits per heavy atom. The van der Waals surface area contributed by atoms with Gasteiger partial charge in [0.1, 0.15) is 5.69 Å². The van der Waals surface area contributed by atoms with Gasteiger partial charge in [0.05, 0.1) is 12.4 Å². The maximum Gasteiger partial charge on any atom is 0.275 e. The molecule has 1 N–H and O–H groups in total. The Labute approximate surface area is 165 Å². The van der Waals surface area contributed by atoms with Crippen molar-refractivity contribution in [2.24, 2.45) is 0 Å². The molecule has 1 amide bonds. The van der Waals surface area contributed by atoms with E-state index in [-0.39, 0.29) is 5.91 Å². The Hall–Kier alpha value is -3.21. The van der Waals surface area contributed by atoms with Crippen molar-refractivity contribution in [1.29, 1.82) is 0 Å². The highest BCUT2D eigenvalue weighted by Crippen LogP contribution is 2.31. The standard InChI is InChI=1S/C23H24N4O/c1-16(2)18-10-4-5-11-19(18)26-23(28)20-14-25-22(15-24-20)27-13-7-9-17-8-3-6-12-21(17)27/h3-6,8,10-12,14-16H,7,9,13H2,1-2H3,(H,26,28). The molecule has 0 saturated carbocycles. The highest BCUT2D eigenvalue weighted by atomic mass is 16.1. The molecule has 0 unspecified atom stereocenters. The van der Waals surface area contributed by atoms with Crippen LogP contribution in [-0.4, -0.2) is 22.4 Å². The van der Waals surface area contributed by atoms with Gasteiger partial charge in [0.25, 0.3) is 5.91 Å². The Bertz CT molecular complexity index is 982. The van der Waals surface area contributed by atoms with Crippen molar-refractivity contribution in [3.8, 4) is 0 Å². The van der Waals surface area contributed by atoms with Crippen molar-refractivity contribution < 1.29 is 4.79 Å². The van der Waals surface area contributed by atoms with Gasteiger partial charge in [0.15, 0.2) is 5.82 Å². The average molecular weight is 372 g/mol. The maximum atomic E-state index is 12.6. The summed E-state index contributed by atoms with van der Waals surface area (Å²) >= 11 is 0. The zero-order valence-electron chi connectivity index (χ0n) is 16.2. The lowest BCUT2D eigenvalue weighted by Gasteiger charge is -2.30. The average Bonchev–Trinajstić information content (AvgIpc) is 2.73. The Morgan fingerprint density at radius 1 is 1.04 bits per heavy atom. The fourth-order valence-corrected chi connectivity index (χ4v) is 3.65. The van der Waals surface area contributed by atoms with Gasteiger partial charge in [-0.3, -0.25) is 4.79 Å². The normalized spacial score (nSPS) is 13.3. The molecule has 2 aromatic carbocycles. The van der Waals surface area contributed by atoms with Gasteiger partial charge in [-0.25, -0.2) is 9.97 Å². The van der Waals surface area contributed by atoms with Crippen LogP contribution in [0.1, 0.15) is 47.8 Å². The Morgan fingerprint density at radius 2 is 1.82 bits per heavy atom. The fraction of sp³-hybridized carbons (Fsp3) is 0.261. The van der Waals surface area contributed by atoms with Crippen molar-refractivity contribution >= 4 is 23.1 Å². The number of anilines is 3. The van der Waals surface area contributed by atoms with Crippen molar-refractivity contribution in [3.05, 3.63) is 77.7 Å². The van der Waals surface area contributed by atoms with Gasteiger partial charge in [-0.05, 0) is 42.0 Å². The summed E-state index contributed by atoms with van der Waals surface area (Å²) in [4.78, 5) is 23.7. The van der Waals surface area contributed by atoms with Crippen molar-refractivity contribution in [2.45, 2.75) is 32.6 Å². The van der Waals surface area contributed by atoms with Gasteiger partial charge in [-0.15, -0.1) is 0 Å². The second-order valence-corrected chi connectivity index (χ2v) is 7.34. The number of rotatable bonds is 4. The molecule has 3 aromatic rings. The van der Waals surface area contributed by atoms with E-state index in [1.807, 2.05) is 30.3 Å². The molecule has 4 rings (SSSR count). The topological polar surface area (TPSA) is 58.1 Å². The number of fused-ring (bicyclic) bond motifs is 1. The third-order valence-corrected chi connectivity index (χ3v) is 5.09. The molecule has 5 nitrogen and oxygen atoms in total. The number of hydrogen-bond acceptors (Lipinski definition) is 4. The molecule has 0 spiro atoms. The van der Waals surface area contributed by atoms with Gasteiger partial charge in [0, 0.05) is 17.9 Å². The van der Waals surface area contributed by atoms with Crippen molar-refractivity contribution in [1.82, 2.24) is 9.97 Å². The number of carbonyl (C=O) groups excluding carboxylic acids is 1. The SMILES string of the molecule is CC(C)c1ccccc1NC(=O)c1cnc(N2CCCc3ccccc32)cn1. The van der Waals surface area contributed by atoms with E-state index in [1.165, 1.54) is 11.3 Å². The summed E-state index contributed by atoms with van der Waals surface area (Å²) in [5, 5.41) is 2.97. The number of benzene rings is 2. The molecule has 5 heteroatoms. The zero-order valence-corrected chi connectivity index (χ0v) is 16.2. The van der Waals surface area contributed by atoms with E-state index in [0.29, 0.717) is 11.6 Å². The third kappa shape index (κ3) is 3.60. The first-order valence-electron chi connectivity index (χ1n) is 9.71. The van der Waals surface area contributed by atoms with Gasteiger partial charge in [-0.2, -0.15) is 0 Å². The molecule has 28 heavy (non-hydrogen) atoms. The van der Waals surface area contributed by atoms with Crippen LogP contribution in [0.15, 0.2) is 60.9 Å². The molecular formula is C23H24N4O. The van der Waals surface area contributed by atoms with Crippen molar-refractivity contribution in [3.63, 3.8) is 0 Å². The minimum atomic E-state index is -0.244. The molecule has 142 valence electrons. The van der Waals surface area contributed by atoms with E-state index in [1.54, 1.807) is 12.4 Å². The van der Waals surface area contributed by atoms with Crippen LogP contribution in [0.3, 0.4) is 0 Å². The van der Waals surface area contributed by atoms with Crippen LogP contribution in [0.2, 0.25) is 0 Å². The molecular weight excluding hydrogens is 348 g/mol. The molecule has 1 aliphatic rings. The summed E-state index contributed by atoms with van der Waals surface area (Å²) < 4.78 is 0. The summed E-state index contributed by atoms with van der Waals surface area (Å²) in [6.45, 7) is 5.12. The summed E-state index contributed by atoms with van der Waals surface area (Å²) in [5.41, 5.74) is 4.73. The minimum absolute atomic E-state index is 0.244. The lowest BCUT2D eigenvalue weighted by atomic mass is 10.0. The molecule has 0 saturated heterocycles. The van der Waals surface area contributed by atoms with Gasteiger partial charge < -0.3 is 10.2 Å². The van der Waals surface area contributed by atoms with Crippen LogP contribution >= 0.6 is 0 Å². The molecule has 1 aliphatic heterocycles. The summed E-state index contributed by atoms with van der Waals surface area (Å²) in [7, 11) is 0. The smallest absolute Gasteiger partial charge is 0.275 e. The fourth-order valence-electron chi connectivity index (χ4n) is 3.65. The van der Waals surface area contributed by atoms with Crippen LogP contribution < -0.4 is 10.2 Å². The number of nitrogens with zero attached hydrogens (tertiary/aromatic N) is 3. The van der Waals surface area contributed by atoms with E-state index in [9.17, 15) is 4.79 Å². The van der Waals surface area contributed by atoms with Gasteiger partial charge in [-0.1, -0.05) is 50.2 Å². The van der Waals surface area contributed by atoms with Crippen LogP contribution in [0.25, 0.3) is 0 Å². The Balaban J connectivity index is 1.54. The molecule has 0 bridgehead atoms. The predicted octanol–water partition coefficient (Wildman–Crippen LogP) is 4.94. The molecule has 0 aliphatic carbocycles. The number of aryl methyl sites for hydroxylation is 1. The number of carbonyl (C=O) groups is 1. The molecule has 0 atom stereocenters. The first kappa shape index (κ1) is 18.2. The third-order valence-electron chi connectivity index (χ3n) is 5.09. The molecule has 1 aromatic heterocycles. The second-order valence-electron chi connectivity index (χ2n) is 7.34. The zero-order chi connectivity index (χ0) is 19.5. The van der Waals surface area contributed by atoms with Gasteiger partial charge in [0.2, 0.25) is 0 Å². The maximum absolute atomic E-state index is 12.6. The number of para-hydroxylation sites is 2. The summed E-state index contributed by atoms with van der Waals surface area (Å²) in [6.07, 6.45) is 5.40. The van der Waals surface area contributed by atoms with E-state index >= 15 is 0 Å². The van der Waals surface area contributed by atoms with E-state index in [4.69, 9.17) is 0 Å². The van der Waals surface area contributed by atoms with E-state index in [0.717, 1.165) is 36.5 Å². The predicted molar refractivity (Wildman–Crippen MR) is 112 cm³/mol. The van der Waals surface area contributed by atoms with Gasteiger partial charge >= 0.3 is 0 Å². The summed E-state index contributed by atoms with van der Waals surface area (Å²) in [6, 6.07) is 16.2.